The molecule has 1 aromatic rings. The van der Waals surface area contributed by atoms with Crippen LogP contribution in [0.5, 0.6) is 0 Å². The molecule has 2 aliphatic carbocycles. The minimum atomic E-state index is -3.55. The highest BCUT2D eigenvalue weighted by atomic mass is 32.2. The first-order chi connectivity index (χ1) is 9.95. The van der Waals surface area contributed by atoms with Crippen LogP contribution >= 0.6 is 0 Å². The fourth-order valence-corrected chi connectivity index (χ4v) is 4.61. The molecule has 2 fully saturated rings. The molecular formula is C16H22N2O2S. The third kappa shape index (κ3) is 2.98. The number of rotatable bonds is 4. The van der Waals surface area contributed by atoms with Crippen molar-refractivity contribution < 1.29 is 8.42 Å². The zero-order valence-electron chi connectivity index (χ0n) is 12.5. The Bertz CT molecular complexity index is 649. The summed E-state index contributed by atoms with van der Waals surface area (Å²) < 4.78 is 24.4. The van der Waals surface area contributed by atoms with E-state index >= 15 is 0 Å². The molecular weight excluding hydrogens is 284 g/mol. The lowest BCUT2D eigenvalue weighted by Gasteiger charge is -2.21. The fourth-order valence-electron chi connectivity index (χ4n) is 3.74. The van der Waals surface area contributed by atoms with Crippen molar-refractivity contribution >= 4 is 15.7 Å². The average Bonchev–Trinajstić information content (AvgIpc) is 3.08. The van der Waals surface area contributed by atoms with Gasteiger partial charge in [0.25, 0.3) is 10.0 Å². The number of nitrogens with zero attached hydrogens (tertiary/aromatic N) is 1. The van der Waals surface area contributed by atoms with E-state index in [-0.39, 0.29) is 4.90 Å². The standard InChI is InChI=1S/C16H22N2O2S/c1-11-3-7-15(8-4-11)21(19,20)18-17-12(2)16-10-13-5-6-14(16)9-13/h3-4,7-8,13-14,16,18H,5-6,9-10H2,1-2H3/b17-12+. The van der Waals surface area contributed by atoms with Crippen LogP contribution in [0.15, 0.2) is 34.3 Å². The van der Waals surface area contributed by atoms with E-state index < -0.39 is 10.0 Å². The lowest BCUT2D eigenvalue weighted by Crippen LogP contribution is -2.24. The molecule has 2 bridgehead atoms. The summed E-state index contributed by atoms with van der Waals surface area (Å²) in [7, 11) is -3.55. The molecule has 0 radical (unpaired) electrons. The lowest BCUT2D eigenvalue weighted by molar-refractivity contribution is 0.413. The maximum Gasteiger partial charge on any atom is 0.276 e. The molecule has 3 atom stereocenters. The average molecular weight is 306 g/mol. The number of sulfonamides is 1. The summed E-state index contributed by atoms with van der Waals surface area (Å²) in [6, 6.07) is 6.81. The fraction of sp³-hybridized carbons (Fsp3) is 0.562. The van der Waals surface area contributed by atoms with Gasteiger partial charge in [-0.25, -0.2) is 4.83 Å². The second kappa shape index (κ2) is 5.44. The molecule has 2 saturated carbocycles. The molecule has 21 heavy (non-hydrogen) atoms. The Morgan fingerprint density at radius 2 is 1.90 bits per heavy atom. The topological polar surface area (TPSA) is 58.5 Å². The smallest absolute Gasteiger partial charge is 0.200 e. The van der Waals surface area contributed by atoms with E-state index in [0.717, 1.165) is 17.2 Å². The quantitative estimate of drug-likeness (QED) is 0.686. The molecule has 0 spiro atoms. The molecule has 2 aliphatic rings. The van der Waals surface area contributed by atoms with Gasteiger partial charge >= 0.3 is 0 Å². The van der Waals surface area contributed by atoms with E-state index in [1.165, 1.54) is 25.7 Å². The van der Waals surface area contributed by atoms with Gasteiger partial charge < -0.3 is 0 Å². The molecule has 4 nitrogen and oxygen atoms in total. The summed E-state index contributed by atoms with van der Waals surface area (Å²) in [5, 5.41) is 4.17. The van der Waals surface area contributed by atoms with Crippen molar-refractivity contribution in [3.63, 3.8) is 0 Å². The first-order valence-electron chi connectivity index (χ1n) is 7.58. The molecule has 0 aliphatic heterocycles. The van der Waals surface area contributed by atoms with Crippen LogP contribution in [-0.4, -0.2) is 14.1 Å². The summed E-state index contributed by atoms with van der Waals surface area (Å²) in [6.07, 6.45) is 5.07. The van der Waals surface area contributed by atoms with Crippen molar-refractivity contribution in [2.24, 2.45) is 22.9 Å². The molecule has 5 heteroatoms. The van der Waals surface area contributed by atoms with Gasteiger partial charge in [-0.15, -0.1) is 0 Å². The Kier molecular flexibility index (Phi) is 3.78. The summed E-state index contributed by atoms with van der Waals surface area (Å²) in [6.45, 7) is 3.88. The highest BCUT2D eigenvalue weighted by molar-refractivity contribution is 7.89. The number of fused-ring (bicyclic) bond motifs is 2. The third-order valence-electron chi connectivity index (χ3n) is 4.95. The van der Waals surface area contributed by atoms with Crippen molar-refractivity contribution in [1.82, 2.24) is 4.83 Å². The van der Waals surface area contributed by atoms with E-state index in [1.807, 2.05) is 13.8 Å². The van der Waals surface area contributed by atoms with Gasteiger partial charge in [0.05, 0.1) is 4.90 Å². The first kappa shape index (κ1) is 14.6. The molecule has 0 saturated heterocycles. The van der Waals surface area contributed by atoms with Crippen LogP contribution in [0, 0.1) is 24.7 Å². The monoisotopic (exact) mass is 306 g/mol. The van der Waals surface area contributed by atoms with E-state index in [1.54, 1.807) is 24.3 Å². The Morgan fingerprint density at radius 3 is 2.48 bits per heavy atom. The lowest BCUT2D eigenvalue weighted by atomic mass is 9.86. The summed E-state index contributed by atoms with van der Waals surface area (Å²) in [5.41, 5.74) is 1.97. The Hall–Kier alpha value is -1.36. The Balaban J connectivity index is 1.71. The maximum atomic E-state index is 12.2. The van der Waals surface area contributed by atoms with Gasteiger partial charge in [-0.05, 0) is 57.1 Å². The predicted octanol–water partition coefficient (Wildman–Crippen LogP) is 3.09. The largest absolute Gasteiger partial charge is 0.276 e. The van der Waals surface area contributed by atoms with Crippen molar-refractivity contribution in [2.75, 3.05) is 0 Å². The number of hydrazone groups is 1. The van der Waals surface area contributed by atoms with Crippen LogP contribution in [0.1, 0.15) is 38.2 Å². The van der Waals surface area contributed by atoms with E-state index in [9.17, 15) is 8.42 Å². The van der Waals surface area contributed by atoms with Gasteiger partial charge in [0, 0.05) is 11.6 Å². The number of hydrogen-bond donors (Lipinski definition) is 1. The molecule has 0 heterocycles. The minimum absolute atomic E-state index is 0.262. The van der Waals surface area contributed by atoms with Crippen LogP contribution in [0.2, 0.25) is 0 Å². The number of aryl methyl sites for hydroxylation is 1. The first-order valence-corrected chi connectivity index (χ1v) is 9.06. The van der Waals surface area contributed by atoms with Gasteiger partial charge in [-0.2, -0.15) is 13.5 Å². The third-order valence-corrected chi connectivity index (χ3v) is 6.17. The second-order valence-corrected chi connectivity index (χ2v) is 8.10. The van der Waals surface area contributed by atoms with Crippen molar-refractivity contribution in [3.05, 3.63) is 29.8 Å². The summed E-state index contributed by atoms with van der Waals surface area (Å²) >= 11 is 0. The number of benzene rings is 1. The second-order valence-electron chi connectivity index (χ2n) is 6.44. The molecule has 0 amide bonds. The van der Waals surface area contributed by atoms with Crippen LogP contribution < -0.4 is 4.83 Å². The molecule has 0 aromatic heterocycles. The van der Waals surface area contributed by atoms with Crippen molar-refractivity contribution in [1.29, 1.82) is 0 Å². The summed E-state index contributed by atoms with van der Waals surface area (Å²) in [4.78, 5) is 2.65. The predicted molar refractivity (Wildman–Crippen MR) is 83.5 cm³/mol. The van der Waals surface area contributed by atoms with Crippen LogP contribution in [0.3, 0.4) is 0 Å². The van der Waals surface area contributed by atoms with Crippen molar-refractivity contribution in [3.8, 4) is 0 Å². The summed E-state index contributed by atoms with van der Waals surface area (Å²) in [5.74, 6) is 2.01. The van der Waals surface area contributed by atoms with Gasteiger partial charge in [-0.1, -0.05) is 24.1 Å². The Morgan fingerprint density at radius 1 is 1.19 bits per heavy atom. The van der Waals surface area contributed by atoms with Gasteiger partial charge in [-0.3, -0.25) is 0 Å². The van der Waals surface area contributed by atoms with Crippen LogP contribution in [0.4, 0.5) is 0 Å². The van der Waals surface area contributed by atoms with E-state index in [0.29, 0.717) is 11.8 Å². The zero-order chi connectivity index (χ0) is 15.0. The molecule has 1 N–H and O–H groups in total. The highest BCUT2D eigenvalue weighted by Gasteiger charge is 2.40. The molecule has 3 rings (SSSR count). The maximum absolute atomic E-state index is 12.2. The SMILES string of the molecule is C/C(=N\NS(=O)(=O)c1ccc(C)cc1)C1CC2CCC1C2. The normalized spacial score (nSPS) is 28.9. The molecule has 3 unspecified atom stereocenters. The van der Waals surface area contributed by atoms with Gasteiger partial charge in [0.1, 0.15) is 0 Å². The highest BCUT2D eigenvalue weighted by Crippen LogP contribution is 2.48. The molecule has 114 valence electrons. The van der Waals surface area contributed by atoms with E-state index in [2.05, 4.69) is 9.93 Å². The zero-order valence-corrected chi connectivity index (χ0v) is 13.4. The van der Waals surface area contributed by atoms with Crippen LogP contribution in [0.25, 0.3) is 0 Å². The Labute approximate surface area is 126 Å². The van der Waals surface area contributed by atoms with Crippen molar-refractivity contribution in [2.45, 2.75) is 44.4 Å². The van der Waals surface area contributed by atoms with Gasteiger partial charge in [0.15, 0.2) is 0 Å². The number of hydrogen-bond acceptors (Lipinski definition) is 3. The van der Waals surface area contributed by atoms with Gasteiger partial charge in [0.2, 0.25) is 0 Å². The number of nitrogens with one attached hydrogen (secondary N) is 1. The molecule has 1 aromatic carbocycles. The minimum Gasteiger partial charge on any atom is -0.200 e. The van der Waals surface area contributed by atoms with Crippen LogP contribution in [-0.2, 0) is 10.0 Å². The van der Waals surface area contributed by atoms with E-state index in [4.69, 9.17) is 0 Å².